The lowest BCUT2D eigenvalue weighted by Crippen LogP contribution is -3.15. The van der Waals surface area contributed by atoms with Gasteiger partial charge in [0, 0.05) is 5.69 Å². The highest BCUT2D eigenvalue weighted by Crippen LogP contribution is 2.13. The molecule has 0 aliphatic carbocycles. The Bertz CT molecular complexity index is 406. The zero-order valence-corrected chi connectivity index (χ0v) is 11.1. The van der Waals surface area contributed by atoms with Gasteiger partial charge < -0.3 is 15.0 Å². The van der Waals surface area contributed by atoms with Crippen LogP contribution < -0.4 is 10.2 Å². The summed E-state index contributed by atoms with van der Waals surface area (Å²) in [5, 5.41) is 2.97. The second-order valence-electron chi connectivity index (χ2n) is 4.96. The molecule has 2 N–H and O–H groups in total. The number of carbonyl (C=O) groups excluding carboxylic acids is 1. The molecule has 18 heavy (non-hydrogen) atoms. The molecular formula is C14H21N2O2+. The maximum absolute atomic E-state index is 11.9. The van der Waals surface area contributed by atoms with Gasteiger partial charge in [0.1, 0.15) is 13.1 Å². The maximum atomic E-state index is 11.9. The topological polar surface area (TPSA) is 42.8 Å². The van der Waals surface area contributed by atoms with E-state index in [0.717, 1.165) is 32.0 Å². The van der Waals surface area contributed by atoms with Crippen molar-refractivity contribution < 1.29 is 14.4 Å². The van der Waals surface area contributed by atoms with Crippen molar-refractivity contribution in [3.8, 4) is 0 Å². The summed E-state index contributed by atoms with van der Waals surface area (Å²) in [7, 11) is 0. The summed E-state index contributed by atoms with van der Waals surface area (Å²) in [5.41, 5.74) is 3.23. The largest absolute Gasteiger partial charge is 0.370 e. The van der Waals surface area contributed by atoms with Crippen LogP contribution in [0.3, 0.4) is 0 Å². The number of rotatable bonds is 3. The minimum absolute atomic E-state index is 0.0805. The van der Waals surface area contributed by atoms with E-state index in [-0.39, 0.29) is 5.91 Å². The first kappa shape index (κ1) is 13.1. The summed E-state index contributed by atoms with van der Waals surface area (Å²) in [5.74, 6) is 0.0805. The Morgan fingerprint density at radius 1 is 1.22 bits per heavy atom. The number of morpholine rings is 1. The molecule has 4 nitrogen and oxygen atoms in total. The first-order valence-corrected chi connectivity index (χ1v) is 6.43. The second kappa shape index (κ2) is 5.98. The summed E-state index contributed by atoms with van der Waals surface area (Å²) >= 11 is 0. The number of hydrogen-bond acceptors (Lipinski definition) is 2. The van der Waals surface area contributed by atoms with E-state index in [1.165, 1.54) is 16.0 Å². The van der Waals surface area contributed by atoms with Gasteiger partial charge in [0.05, 0.1) is 13.2 Å². The molecule has 1 aromatic carbocycles. The Hall–Kier alpha value is -1.39. The summed E-state index contributed by atoms with van der Waals surface area (Å²) < 4.78 is 5.28. The normalized spacial score (nSPS) is 16.6. The smallest absolute Gasteiger partial charge is 0.279 e. The molecule has 1 aromatic rings. The molecule has 0 bridgehead atoms. The van der Waals surface area contributed by atoms with Gasteiger partial charge in [-0.15, -0.1) is 0 Å². The van der Waals surface area contributed by atoms with E-state index in [1.807, 2.05) is 26.0 Å². The van der Waals surface area contributed by atoms with Crippen LogP contribution >= 0.6 is 0 Å². The summed E-state index contributed by atoms with van der Waals surface area (Å²) in [6.07, 6.45) is 0. The van der Waals surface area contributed by atoms with Gasteiger partial charge in [0.15, 0.2) is 6.54 Å². The zero-order valence-electron chi connectivity index (χ0n) is 11.1. The van der Waals surface area contributed by atoms with Crippen LogP contribution in [-0.4, -0.2) is 38.8 Å². The van der Waals surface area contributed by atoms with Crippen molar-refractivity contribution >= 4 is 11.6 Å². The lowest BCUT2D eigenvalue weighted by molar-refractivity contribution is -0.899. The third kappa shape index (κ3) is 3.82. The molecule has 0 atom stereocenters. The fourth-order valence-electron chi connectivity index (χ4n) is 2.32. The summed E-state index contributed by atoms with van der Waals surface area (Å²) in [4.78, 5) is 13.2. The maximum Gasteiger partial charge on any atom is 0.279 e. The van der Waals surface area contributed by atoms with Crippen LogP contribution in [-0.2, 0) is 9.53 Å². The second-order valence-corrected chi connectivity index (χ2v) is 4.96. The molecule has 1 fully saturated rings. The lowest BCUT2D eigenvalue weighted by Gasteiger charge is -2.23. The van der Waals surface area contributed by atoms with E-state index in [4.69, 9.17) is 4.74 Å². The Balaban J connectivity index is 1.89. The van der Waals surface area contributed by atoms with Crippen LogP contribution in [0, 0.1) is 13.8 Å². The van der Waals surface area contributed by atoms with Crippen LogP contribution in [0.1, 0.15) is 11.1 Å². The van der Waals surface area contributed by atoms with Crippen LogP contribution in [0.15, 0.2) is 18.2 Å². The van der Waals surface area contributed by atoms with Gasteiger partial charge in [-0.1, -0.05) is 6.07 Å². The van der Waals surface area contributed by atoms with Gasteiger partial charge in [-0.05, 0) is 37.1 Å². The van der Waals surface area contributed by atoms with Crippen LogP contribution in [0.2, 0.25) is 0 Å². The molecule has 1 aliphatic heterocycles. The first-order valence-electron chi connectivity index (χ1n) is 6.43. The van der Waals surface area contributed by atoms with Crippen molar-refractivity contribution in [3.05, 3.63) is 29.3 Å². The fourth-order valence-corrected chi connectivity index (χ4v) is 2.32. The van der Waals surface area contributed by atoms with Gasteiger partial charge in [0.2, 0.25) is 0 Å². The van der Waals surface area contributed by atoms with E-state index in [2.05, 4.69) is 11.4 Å². The molecule has 0 saturated carbocycles. The lowest BCUT2D eigenvalue weighted by atomic mass is 10.1. The molecular weight excluding hydrogens is 228 g/mol. The Morgan fingerprint density at radius 2 is 1.83 bits per heavy atom. The molecule has 0 radical (unpaired) electrons. The van der Waals surface area contributed by atoms with Gasteiger partial charge in [-0.3, -0.25) is 4.79 Å². The predicted octanol–water partition coefficient (Wildman–Crippen LogP) is 0.157. The van der Waals surface area contributed by atoms with Crippen LogP contribution in [0.5, 0.6) is 0 Å². The van der Waals surface area contributed by atoms with E-state index in [9.17, 15) is 4.79 Å². The number of carbonyl (C=O) groups is 1. The average Bonchev–Trinajstić information content (AvgIpc) is 2.28. The molecule has 1 heterocycles. The van der Waals surface area contributed by atoms with Gasteiger partial charge in [-0.25, -0.2) is 0 Å². The molecule has 2 rings (SSSR count). The van der Waals surface area contributed by atoms with E-state index in [1.54, 1.807) is 0 Å². The quantitative estimate of drug-likeness (QED) is 0.801. The average molecular weight is 249 g/mol. The van der Waals surface area contributed by atoms with Crippen molar-refractivity contribution in [1.82, 2.24) is 0 Å². The number of benzene rings is 1. The predicted molar refractivity (Wildman–Crippen MR) is 70.9 cm³/mol. The van der Waals surface area contributed by atoms with E-state index >= 15 is 0 Å². The molecule has 0 unspecified atom stereocenters. The standard InChI is InChI=1S/C14H20N2O2/c1-11-7-12(2)9-13(8-11)15-14(17)10-16-3-5-18-6-4-16/h7-9H,3-6,10H2,1-2H3,(H,15,17)/p+1. The number of quaternary nitrogens is 1. The Kier molecular flexibility index (Phi) is 4.33. The van der Waals surface area contributed by atoms with Gasteiger partial charge in [-0.2, -0.15) is 0 Å². The van der Waals surface area contributed by atoms with Crippen molar-refractivity contribution in [2.75, 3.05) is 38.2 Å². The zero-order chi connectivity index (χ0) is 13.0. The van der Waals surface area contributed by atoms with Crippen molar-refractivity contribution in [1.29, 1.82) is 0 Å². The van der Waals surface area contributed by atoms with Crippen molar-refractivity contribution in [2.45, 2.75) is 13.8 Å². The summed E-state index contributed by atoms with van der Waals surface area (Å²) in [6.45, 7) is 7.95. The highest BCUT2D eigenvalue weighted by molar-refractivity contribution is 5.91. The minimum atomic E-state index is 0.0805. The van der Waals surface area contributed by atoms with Crippen molar-refractivity contribution in [3.63, 3.8) is 0 Å². The number of hydrogen-bond donors (Lipinski definition) is 2. The molecule has 1 aliphatic rings. The molecule has 1 amide bonds. The van der Waals surface area contributed by atoms with Gasteiger partial charge >= 0.3 is 0 Å². The molecule has 0 spiro atoms. The number of aryl methyl sites for hydroxylation is 2. The third-order valence-corrected chi connectivity index (χ3v) is 3.12. The van der Waals surface area contributed by atoms with Gasteiger partial charge in [0.25, 0.3) is 5.91 Å². The van der Waals surface area contributed by atoms with E-state index in [0.29, 0.717) is 6.54 Å². The van der Waals surface area contributed by atoms with Crippen LogP contribution in [0.4, 0.5) is 5.69 Å². The van der Waals surface area contributed by atoms with E-state index < -0.39 is 0 Å². The molecule has 1 saturated heterocycles. The monoisotopic (exact) mass is 249 g/mol. The molecule has 0 aromatic heterocycles. The minimum Gasteiger partial charge on any atom is -0.370 e. The molecule has 4 heteroatoms. The fraction of sp³-hybridized carbons (Fsp3) is 0.500. The molecule has 98 valence electrons. The number of ether oxygens (including phenoxy) is 1. The first-order chi connectivity index (χ1) is 8.63. The Labute approximate surface area is 108 Å². The highest BCUT2D eigenvalue weighted by Gasteiger charge is 2.17. The van der Waals surface area contributed by atoms with Crippen molar-refractivity contribution in [2.24, 2.45) is 0 Å². The third-order valence-electron chi connectivity index (χ3n) is 3.12. The highest BCUT2D eigenvalue weighted by atomic mass is 16.5. The summed E-state index contributed by atoms with van der Waals surface area (Å²) in [6, 6.07) is 6.10. The number of anilines is 1. The number of amides is 1. The number of nitrogens with one attached hydrogen (secondary N) is 2. The van der Waals surface area contributed by atoms with Crippen LogP contribution in [0.25, 0.3) is 0 Å². The Morgan fingerprint density at radius 3 is 2.44 bits per heavy atom. The SMILES string of the molecule is Cc1cc(C)cc(NC(=O)C[NH+]2CCOCC2)c1.